The van der Waals surface area contributed by atoms with Gasteiger partial charge >= 0.3 is 5.97 Å². The summed E-state index contributed by atoms with van der Waals surface area (Å²) in [5, 5.41) is 5.37. The molecule has 168 valence electrons. The predicted octanol–water partition coefficient (Wildman–Crippen LogP) is 2.96. The first kappa shape index (κ1) is 24.9. The van der Waals surface area contributed by atoms with Gasteiger partial charge in [-0.2, -0.15) is 4.31 Å². The fraction of sp³-hybridized carbons (Fsp3) is 0.136. The minimum absolute atomic E-state index is 0.0302. The second-order valence-electron chi connectivity index (χ2n) is 6.40. The van der Waals surface area contributed by atoms with Gasteiger partial charge in [-0.25, -0.2) is 13.2 Å². The number of hydrogen-bond donors (Lipinski definition) is 2. The second-order valence-corrected chi connectivity index (χ2v) is 8.75. The Morgan fingerprint density at radius 3 is 2.03 bits per heavy atom. The molecule has 0 unspecified atom stereocenters. The average molecular weight is 474 g/mol. The van der Waals surface area contributed by atoms with E-state index in [1.807, 2.05) is 0 Å². The Labute approximate surface area is 192 Å². The van der Waals surface area contributed by atoms with E-state index in [-0.39, 0.29) is 23.1 Å². The molecule has 0 saturated carbocycles. The zero-order chi connectivity index (χ0) is 23.7. The molecule has 0 aliphatic heterocycles. The summed E-state index contributed by atoms with van der Waals surface area (Å²) in [6.45, 7) is 7.47. The molecule has 0 heterocycles. The van der Waals surface area contributed by atoms with Crippen molar-refractivity contribution in [1.82, 2.24) is 9.62 Å². The van der Waals surface area contributed by atoms with E-state index in [0.717, 1.165) is 0 Å². The molecule has 0 bridgehead atoms. The molecule has 0 atom stereocenters. The maximum absolute atomic E-state index is 12.7. The first-order valence-electron chi connectivity index (χ1n) is 9.35. The van der Waals surface area contributed by atoms with Crippen molar-refractivity contribution in [3.63, 3.8) is 0 Å². The zero-order valence-corrected chi connectivity index (χ0v) is 19.0. The summed E-state index contributed by atoms with van der Waals surface area (Å²) in [6.07, 6.45) is 3.00. The molecule has 2 rings (SSSR count). The highest BCUT2D eigenvalue weighted by atomic mass is 32.2. The number of carbonyl (C=O) groups excluding carboxylic acids is 2. The first-order valence-corrected chi connectivity index (χ1v) is 11.2. The van der Waals surface area contributed by atoms with Crippen LogP contribution in [0.5, 0.6) is 0 Å². The molecule has 0 saturated heterocycles. The number of rotatable bonds is 9. The molecule has 0 aliphatic rings. The molecule has 0 fully saturated rings. The van der Waals surface area contributed by atoms with Crippen LogP contribution in [-0.2, 0) is 14.8 Å². The van der Waals surface area contributed by atoms with E-state index in [1.54, 1.807) is 0 Å². The smallest absolute Gasteiger partial charge is 0.337 e. The Morgan fingerprint density at radius 1 is 1.00 bits per heavy atom. The van der Waals surface area contributed by atoms with Gasteiger partial charge in [0.25, 0.3) is 5.91 Å². The molecule has 10 heteroatoms. The number of esters is 1. The number of thiocarbonyl (C=S) groups is 1. The normalized spacial score (nSPS) is 10.8. The summed E-state index contributed by atoms with van der Waals surface area (Å²) >= 11 is 5.15. The van der Waals surface area contributed by atoms with Gasteiger partial charge in [-0.1, -0.05) is 12.2 Å². The number of ether oxygens (including phenoxy) is 1. The van der Waals surface area contributed by atoms with Crippen molar-refractivity contribution in [1.29, 1.82) is 0 Å². The van der Waals surface area contributed by atoms with Gasteiger partial charge in [0.05, 0.1) is 17.6 Å². The van der Waals surface area contributed by atoms with Crippen molar-refractivity contribution < 1.29 is 22.7 Å². The Balaban J connectivity index is 2.03. The van der Waals surface area contributed by atoms with E-state index < -0.39 is 21.9 Å². The first-order chi connectivity index (χ1) is 15.2. The average Bonchev–Trinajstić information content (AvgIpc) is 2.78. The van der Waals surface area contributed by atoms with Gasteiger partial charge in [0.2, 0.25) is 10.0 Å². The van der Waals surface area contributed by atoms with Crippen molar-refractivity contribution in [3.05, 3.63) is 85.0 Å². The van der Waals surface area contributed by atoms with Crippen LogP contribution in [0.15, 0.2) is 78.7 Å². The lowest BCUT2D eigenvalue weighted by atomic mass is 10.1. The van der Waals surface area contributed by atoms with Crippen molar-refractivity contribution in [3.8, 4) is 0 Å². The molecular formula is C22H23N3O5S2. The Bertz CT molecular complexity index is 1100. The summed E-state index contributed by atoms with van der Waals surface area (Å²) in [5.74, 6) is -0.973. The monoisotopic (exact) mass is 473 g/mol. The topological polar surface area (TPSA) is 105 Å². The summed E-state index contributed by atoms with van der Waals surface area (Å²) in [5.41, 5.74) is 1.11. The van der Waals surface area contributed by atoms with Crippen molar-refractivity contribution >= 4 is 44.9 Å². The van der Waals surface area contributed by atoms with E-state index in [2.05, 4.69) is 28.5 Å². The SMILES string of the molecule is C=CCN(CC=C)S(=O)(=O)c1ccc(NC(=S)NC(=O)c2ccc(C(=O)OC)cc2)cc1. The van der Waals surface area contributed by atoms with Crippen LogP contribution in [0, 0.1) is 0 Å². The van der Waals surface area contributed by atoms with Gasteiger partial charge in [0, 0.05) is 24.3 Å². The number of methoxy groups -OCH3 is 1. The lowest BCUT2D eigenvalue weighted by molar-refractivity contribution is 0.0600. The summed E-state index contributed by atoms with van der Waals surface area (Å²) in [7, 11) is -2.44. The van der Waals surface area contributed by atoms with Crippen LogP contribution in [-0.4, -0.2) is 49.9 Å². The predicted molar refractivity (Wildman–Crippen MR) is 127 cm³/mol. The quantitative estimate of drug-likeness (QED) is 0.328. The molecule has 2 N–H and O–H groups in total. The highest BCUT2D eigenvalue weighted by molar-refractivity contribution is 7.89. The van der Waals surface area contributed by atoms with E-state index in [0.29, 0.717) is 16.8 Å². The Morgan fingerprint density at radius 2 is 1.53 bits per heavy atom. The van der Waals surface area contributed by atoms with Crippen LogP contribution in [0.25, 0.3) is 0 Å². The van der Waals surface area contributed by atoms with Crippen molar-refractivity contribution in [2.75, 3.05) is 25.5 Å². The molecular weight excluding hydrogens is 450 g/mol. The molecule has 2 aromatic carbocycles. The number of benzene rings is 2. The summed E-state index contributed by atoms with van der Waals surface area (Å²) in [4.78, 5) is 23.9. The van der Waals surface area contributed by atoms with Crippen LogP contribution in [0.4, 0.5) is 5.69 Å². The van der Waals surface area contributed by atoms with Gasteiger partial charge < -0.3 is 10.1 Å². The van der Waals surface area contributed by atoms with Gasteiger partial charge in [-0.05, 0) is 60.7 Å². The molecule has 1 amide bonds. The summed E-state index contributed by atoms with van der Waals surface area (Å²) in [6, 6.07) is 11.8. The number of sulfonamides is 1. The maximum Gasteiger partial charge on any atom is 0.337 e. The van der Waals surface area contributed by atoms with Crippen molar-refractivity contribution in [2.45, 2.75) is 4.90 Å². The van der Waals surface area contributed by atoms with Gasteiger partial charge in [-0.3, -0.25) is 10.1 Å². The Hall–Kier alpha value is -3.34. The third kappa shape index (κ3) is 6.33. The highest BCUT2D eigenvalue weighted by Crippen LogP contribution is 2.18. The Kier molecular flexibility index (Phi) is 8.82. The maximum atomic E-state index is 12.7. The summed E-state index contributed by atoms with van der Waals surface area (Å²) < 4.78 is 31.3. The third-order valence-corrected chi connectivity index (χ3v) is 6.26. The lowest BCUT2D eigenvalue weighted by Gasteiger charge is -2.19. The van der Waals surface area contributed by atoms with Gasteiger partial charge in [0.15, 0.2) is 5.11 Å². The van der Waals surface area contributed by atoms with E-state index in [9.17, 15) is 18.0 Å². The minimum atomic E-state index is -3.71. The third-order valence-electron chi connectivity index (χ3n) is 4.21. The standard InChI is InChI=1S/C22H23N3O5S2/c1-4-14-25(15-5-2)32(28,29)19-12-10-18(11-13-19)23-22(31)24-20(26)16-6-8-17(9-7-16)21(27)30-3/h4-13H,1-2,14-15H2,3H3,(H2,23,24,26,31). The minimum Gasteiger partial charge on any atom is -0.465 e. The van der Waals surface area contributed by atoms with E-state index in [4.69, 9.17) is 12.2 Å². The molecule has 0 aromatic heterocycles. The fourth-order valence-electron chi connectivity index (χ4n) is 2.63. The van der Waals surface area contributed by atoms with Gasteiger partial charge in [0.1, 0.15) is 0 Å². The molecule has 32 heavy (non-hydrogen) atoms. The van der Waals surface area contributed by atoms with Crippen LogP contribution >= 0.6 is 12.2 Å². The largest absolute Gasteiger partial charge is 0.465 e. The van der Waals surface area contributed by atoms with Gasteiger partial charge in [-0.15, -0.1) is 13.2 Å². The van der Waals surface area contributed by atoms with E-state index in [1.165, 1.54) is 72.1 Å². The number of hydrogen-bond acceptors (Lipinski definition) is 6. The number of nitrogens with one attached hydrogen (secondary N) is 2. The van der Waals surface area contributed by atoms with Crippen LogP contribution in [0.3, 0.4) is 0 Å². The number of nitrogens with zero attached hydrogens (tertiary/aromatic N) is 1. The number of carbonyl (C=O) groups is 2. The highest BCUT2D eigenvalue weighted by Gasteiger charge is 2.22. The lowest BCUT2D eigenvalue weighted by Crippen LogP contribution is -2.34. The zero-order valence-electron chi connectivity index (χ0n) is 17.4. The molecule has 0 aliphatic carbocycles. The fourth-order valence-corrected chi connectivity index (χ4v) is 4.22. The number of anilines is 1. The second kappa shape index (κ2) is 11.3. The van der Waals surface area contributed by atoms with E-state index >= 15 is 0 Å². The van der Waals surface area contributed by atoms with Crippen LogP contribution in [0.2, 0.25) is 0 Å². The van der Waals surface area contributed by atoms with Crippen LogP contribution < -0.4 is 10.6 Å². The molecule has 2 aromatic rings. The molecule has 0 radical (unpaired) electrons. The molecule has 0 spiro atoms. The molecule has 8 nitrogen and oxygen atoms in total. The van der Waals surface area contributed by atoms with Crippen molar-refractivity contribution in [2.24, 2.45) is 0 Å². The van der Waals surface area contributed by atoms with Crippen LogP contribution in [0.1, 0.15) is 20.7 Å². The number of amides is 1.